The Hall–Kier alpha value is -3.92. The molecule has 0 fully saturated rings. The van der Waals surface area contributed by atoms with Crippen LogP contribution in [-0.4, -0.2) is 9.55 Å². The first-order chi connectivity index (χ1) is 13.8. The van der Waals surface area contributed by atoms with Crippen LogP contribution in [0.1, 0.15) is 0 Å². The second-order valence-corrected chi connectivity index (χ2v) is 6.86. The number of para-hydroxylation sites is 2. The maximum atomic E-state index is 12.7. The molecule has 0 aliphatic rings. The van der Waals surface area contributed by atoms with Crippen LogP contribution in [-0.2, 0) is 0 Å². The number of nitrogens with zero attached hydrogens (tertiary/aromatic N) is 2. The second-order valence-electron chi connectivity index (χ2n) is 6.86. The Balaban J connectivity index is 1.89. The molecule has 4 heteroatoms. The largest absolute Gasteiger partial charge is 0.422 e. The molecule has 0 saturated heterocycles. The van der Waals surface area contributed by atoms with Crippen LogP contribution in [0.3, 0.4) is 0 Å². The number of aromatic nitrogens is 2. The number of fused-ring (bicyclic) bond motifs is 6. The van der Waals surface area contributed by atoms with E-state index in [1.54, 1.807) is 18.5 Å². The Labute approximate surface area is 159 Å². The van der Waals surface area contributed by atoms with Gasteiger partial charge < -0.3 is 8.98 Å². The van der Waals surface area contributed by atoms with E-state index in [0.29, 0.717) is 11.0 Å². The summed E-state index contributed by atoms with van der Waals surface area (Å²) in [7, 11) is 0. The van der Waals surface area contributed by atoms with Crippen LogP contribution in [0.15, 0.2) is 94.4 Å². The summed E-state index contributed by atoms with van der Waals surface area (Å²) in [5.74, 6) is 0. The van der Waals surface area contributed by atoms with E-state index in [4.69, 9.17) is 4.42 Å². The van der Waals surface area contributed by atoms with Gasteiger partial charge in [0.15, 0.2) is 0 Å². The summed E-state index contributed by atoms with van der Waals surface area (Å²) in [6.45, 7) is 0. The maximum absolute atomic E-state index is 12.7. The first-order valence-electron chi connectivity index (χ1n) is 9.10. The monoisotopic (exact) mass is 362 g/mol. The third kappa shape index (κ3) is 2.00. The van der Waals surface area contributed by atoms with E-state index in [1.807, 2.05) is 36.4 Å². The molecule has 0 saturated carbocycles. The predicted molar refractivity (Wildman–Crippen MR) is 112 cm³/mol. The fourth-order valence-electron chi connectivity index (χ4n) is 4.09. The quantitative estimate of drug-likeness (QED) is 0.366. The Morgan fingerprint density at radius 2 is 1.54 bits per heavy atom. The molecule has 0 spiro atoms. The number of benzene rings is 3. The lowest BCUT2D eigenvalue weighted by atomic mass is 10.1. The molecule has 4 nitrogen and oxygen atoms in total. The predicted octanol–water partition coefficient (Wildman–Crippen LogP) is 5.44. The summed E-state index contributed by atoms with van der Waals surface area (Å²) < 4.78 is 7.76. The molecule has 0 N–H and O–H groups in total. The molecule has 0 aliphatic heterocycles. The standard InChI is InChI=1S/C24H14N2O2/c27-24-19-12-18-16-8-4-5-9-21(16)26(15-6-2-1-3-7-15)22(18)13-17(19)20-14-25-11-10-23(20)28-24/h1-14H. The van der Waals surface area contributed by atoms with Crippen LogP contribution < -0.4 is 5.63 Å². The van der Waals surface area contributed by atoms with Crippen LogP contribution in [0.4, 0.5) is 0 Å². The van der Waals surface area contributed by atoms with Gasteiger partial charge in [-0.05, 0) is 36.4 Å². The summed E-state index contributed by atoms with van der Waals surface area (Å²) in [6.07, 6.45) is 3.39. The van der Waals surface area contributed by atoms with Gasteiger partial charge in [-0.2, -0.15) is 0 Å². The van der Waals surface area contributed by atoms with E-state index in [9.17, 15) is 4.79 Å². The van der Waals surface area contributed by atoms with Crippen molar-refractivity contribution in [2.24, 2.45) is 0 Å². The van der Waals surface area contributed by atoms with Crippen LogP contribution in [0, 0.1) is 0 Å². The van der Waals surface area contributed by atoms with Crippen molar-refractivity contribution in [1.29, 1.82) is 0 Å². The summed E-state index contributed by atoms with van der Waals surface area (Å²) in [6, 6.07) is 24.3. The first kappa shape index (κ1) is 15.2. The van der Waals surface area contributed by atoms with Gasteiger partial charge in [0.1, 0.15) is 5.58 Å². The van der Waals surface area contributed by atoms with E-state index in [0.717, 1.165) is 38.3 Å². The number of pyridine rings is 1. The van der Waals surface area contributed by atoms with Crippen LogP contribution in [0.25, 0.3) is 49.2 Å². The normalized spacial score (nSPS) is 11.7. The Morgan fingerprint density at radius 3 is 2.43 bits per heavy atom. The molecule has 132 valence electrons. The van der Waals surface area contributed by atoms with Crippen LogP contribution in [0.2, 0.25) is 0 Å². The van der Waals surface area contributed by atoms with Crippen LogP contribution in [0.5, 0.6) is 0 Å². The van der Waals surface area contributed by atoms with Gasteiger partial charge >= 0.3 is 5.63 Å². The molecule has 28 heavy (non-hydrogen) atoms. The summed E-state index contributed by atoms with van der Waals surface area (Å²) in [5, 5.41) is 4.40. The van der Waals surface area contributed by atoms with Crippen molar-refractivity contribution < 1.29 is 4.42 Å². The molecule has 0 aliphatic carbocycles. The van der Waals surface area contributed by atoms with Crippen molar-refractivity contribution in [3.63, 3.8) is 0 Å². The highest BCUT2D eigenvalue weighted by Gasteiger charge is 2.16. The molecule has 3 aromatic heterocycles. The average molecular weight is 362 g/mol. The third-order valence-corrected chi connectivity index (χ3v) is 5.32. The van der Waals surface area contributed by atoms with E-state index in [2.05, 4.69) is 39.9 Å². The van der Waals surface area contributed by atoms with E-state index < -0.39 is 0 Å². The molecule has 0 amide bonds. The smallest absolute Gasteiger partial charge is 0.344 e. The lowest BCUT2D eigenvalue weighted by Crippen LogP contribution is -2.00. The summed E-state index contributed by atoms with van der Waals surface area (Å²) in [5.41, 5.74) is 3.46. The van der Waals surface area contributed by atoms with Crippen LogP contribution >= 0.6 is 0 Å². The Kier molecular flexibility index (Phi) is 3.00. The minimum Gasteiger partial charge on any atom is -0.422 e. The van der Waals surface area contributed by atoms with Gasteiger partial charge in [-0.3, -0.25) is 4.98 Å². The van der Waals surface area contributed by atoms with Gasteiger partial charge in [0, 0.05) is 39.6 Å². The minimum atomic E-state index is -0.327. The molecular formula is C24H14N2O2. The number of hydrogen-bond acceptors (Lipinski definition) is 3. The molecule has 6 aromatic rings. The summed E-state index contributed by atoms with van der Waals surface area (Å²) in [4.78, 5) is 16.9. The van der Waals surface area contributed by atoms with E-state index >= 15 is 0 Å². The number of rotatable bonds is 1. The molecular weight excluding hydrogens is 348 g/mol. The molecule has 0 radical (unpaired) electrons. The molecule has 0 bridgehead atoms. The van der Waals surface area contributed by atoms with Gasteiger partial charge in [-0.15, -0.1) is 0 Å². The molecule has 0 unspecified atom stereocenters. The zero-order chi connectivity index (χ0) is 18.7. The third-order valence-electron chi connectivity index (χ3n) is 5.32. The van der Waals surface area contributed by atoms with Crippen molar-refractivity contribution in [3.8, 4) is 5.69 Å². The highest BCUT2D eigenvalue weighted by molar-refractivity contribution is 6.16. The minimum absolute atomic E-state index is 0.327. The van der Waals surface area contributed by atoms with Gasteiger partial charge in [0.2, 0.25) is 0 Å². The van der Waals surface area contributed by atoms with Crippen molar-refractivity contribution >= 4 is 43.5 Å². The Morgan fingerprint density at radius 1 is 0.714 bits per heavy atom. The second kappa shape index (κ2) is 5.54. The Bertz CT molecular complexity index is 1580. The van der Waals surface area contributed by atoms with Crippen molar-refractivity contribution in [2.75, 3.05) is 0 Å². The summed E-state index contributed by atoms with van der Waals surface area (Å²) >= 11 is 0. The first-order valence-corrected chi connectivity index (χ1v) is 9.10. The topological polar surface area (TPSA) is 48.0 Å². The van der Waals surface area contributed by atoms with E-state index in [-0.39, 0.29) is 5.63 Å². The van der Waals surface area contributed by atoms with Crippen molar-refractivity contribution in [3.05, 3.63) is 95.6 Å². The molecule has 3 heterocycles. The maximum Gasteiger partial charge on any atom is 0.344 e. The molecule has 6 rings (SSSR count). The fourth-order valence-corrected chi connectivity index (χ4v) is 4.09. The lowest BCUT2D eigenvalue weighted by molar-refractivity contribution is 0.569. The zero-order valence-corrected chi connectivity index (χ0v) is 14.8. The highest BCUT2D eigenvalue weighted by Crippen LogP contribution is 2.35. The van der Waals surface area contributed by atoms with Crippen molar-refractivity contribution in [2.45, 2.75) is 0 Å². The van der Waals surface area contributed by atoms with Gasteiger partial charge in [0.25, 0.3) is 0 Å². The molecule has 0 atom stereocenters. The SMILES string of the molecule is O=c1oc2ccncc2c2cc3c(cc12)c1ccccc1n3-c1ccccc1. The van der Waals surface area contributed by atoms with Gasteiger partial charge in [-0.1, -0.05) is 36.4 Å². The zero-order valence-electron chi connectivity index (χ0n) is 14.8. The average Bonchev–Trinajstić information content (AvgIpc) is 3.07. The molecule has 3 aromatic carbocycles. The van der Waals surface area contributed by atoms with E-state index in [1.165, 1.54) is 0 Å². The van der Waals surface area contributed by atoms with Gasteiger partial charge in [0.05, 0.1) is 16.4 Å². The fraction of sp³-hybridized carbons (Fsp3) is 0. The van der Waals surface area contributed by atoms with Gasteiger partial charge in [-0.25, -0.2) is 4.79 Å². The van der Waals surface area contributed by atoms with Crippen molar-refractivity contribution in [1.82, 2.24) is 9.55 Å². The highest BCUT2D eigenvalue weighted by atomic mass is 16.4. The lowest BCUT2D eigenvalue weighted by Gasteiger charge is -2.08. The number of hydrogen-bond donors (Lipinski definition) is 0.